The topological polar surface area (TPSA) is 119 Å². The SMILES string of the molecule is COC(=O)c1ccc([C@H]2/C(=C(\O)c3ccc4c(c3)C[C@H](C)O4)C(=O)C(=O)N2c2nnc(SCc3ccc(Cl)cc3Cl)s2)cc1. The van der Waals surface area contributed by atoms with E-state index in [0.717, 1.165) is 22.5 Å². The quantitative estimate of drug-likeness (QED) is 0.0562. The molecular formula is C31H23Cl2N3O6S2. The average Bonchev–Trinajstić information content (AvgIpc) is 3.70. The van der Waals surface area contributed by atoms with Crippen molar-refractivity contribution in [3.63, 3.8) is 0 Å². The van der Waals surface area contributed by atoms with Gasteiger partial charge in [-0.1, -0.05) is 64.5 Å². The molecule has 3 heterocycles. The van der Waals surface area contributed by atoms with Crippen LogP contribution in [0.3, 0.4) is 0 Å². The highest BCUT2D eigenvalue weighted by Gasteiger charge is 2.48. The molecule has 1 aromatic heterocycles. The first-order valence-electron chi connectivity index (χ1n) is 13.3. The molecule has 2 aliphatic rings. The fourth-order valence-electron chi connectivity index (χ4n) is 5.13. The van der Waals surface area contributed by atoms with E-state index in [9.17, 15) is 19.5 Å². The van der Waals surface area contributed by atoms with E-state index in [4.69, 9.17) is 32.7 Å². The number of benzene rings is 3. The fraction of sp³-hybridized carbons (Fsp3) is 0.194. The van der Waals surface area contributed by atoms with Gasteiger partial charge in [0.2, 0.25) is 5.13 Å². The Morgan fingerprint density at radius 1 is 1.09 bits per heavy atom. The van der Waals surface area contributed by atoms with Crippen LogP contribution in [0.4, 0.5) is 5.13 Å². The number of esters is 1. The van der Waals surface area contributed by atoms with Gasteiger partial charge in [-0.2, -0.15) is 0 Å². The lowest BCUT2D eigenvalue weighted by molar-refractivity contribution is -0.132. The smallest absolute Gasteiger partial charge is 0.337 e. The molecule has 44 heavy (non-hydrogen) atoms. The van der Waals surface area contributed by atoms with Crippen molar-refractivity contribution < 1.29 is 29.0 Å². The molecule has 2 aliphatic heterocycles. The normalized spacial score (nSPS) is 18.8. The number of hydrogen-bond acceptors (Lipinski definition) is 10. The van der Waals surface area contributed by atoms with Crippen LogP contribution in [-0.2, 0) is 26.5 Å². The fourth-order valence-corrected chi connectivity index (χ4v) is 7.55. The number of aliphatic hydroxyl groups excluding tert-OH is 1. The number of carbonyl (C=O) groups is 3. The Bertz CT molecular complexity index is 1840. The largest absolute Gasteiger partial charge is 0.507 e. The predicted molar refractivity (Wildman–Crippen MR) is 169 cm³/mol. The van der Waals surface area contributed by atoms with Crippen LogP contribution in [0.15, 0.2) is 70.6 Å². The van der Waals surface area contributed by atoms with Crippen LogP contribution < -0.4 is 9.64 Å². The Kier molecular flexibility index (Phi) is 8.38. The average molecular weight is 669 g/mol. The monoisotopic (exact) mass is 667 g/mol. The molecule has 2 atom stereocenters. The Hall–Kier alpha value is -3.90. The van der Waals surface area contributed by atoms with Crippen LogP contribution in [0, 0.1) is 0 Å². The van der Waals surface area contributed by atoms with E-state index in [0.29, 0.717) is 43.4 Å². The highest BCUT2D eigenvalue weighted by molar-refractivity contribution is 8.00. The number of nitrogens with zero attached hydrogens (tertiary/aromatic N) is 3. The number of anilines is 1. The highest BCUT2D eigenvalue weighted by Crippen LogP contribution is 2.45. The summed E-state index contributed by atoms with van der Waals surface area (Å²) in [5, 5.41) is 21.2. The van der Waals surface area contributed by atoms with Gasteiger partial charge in [0.05, 0.1) is 24.3 Å². The number of rotatable bonds is 7. The minimum atomic E-state index is -1.04. The Labute approximate surface area is 270 Å². The molecule has 0 bridgehead atoms. The molecule has 1 amide bonds. The van der Waals surface area contributed by atoms with E-state index in [1.54, 1.807) is 42.5 Å². The van der Waals surface area contributed by atoms with Crippen molar-refractivity contribution in [1.29, 1.82) is 0 Å². The third kappa shape index (κ3) is 5.68. The standard InChI is InChI=1S/C31H23Cl2N3O6S2/c1-15-11-20-12-18(8-10-23(20)42-15)26(37)24-25(16-3-5-17(6-4-16)29(40)41-2)36(28(39)27(24)38)30-34-35-31(44-30)43-14-19-7-9-21(32)13-22(19)33/h3-10,12-13,15,25,37H,11,14H2,1-2H3/b26-24+/t15-,25-/m0/s1. The third-order valence-electron chi connectivity index (χ3n) is 7.23. The molecule has 1 fully saturated rings. The van der Waals surface area contributed by atoms with E-state index >= 15 is 0 Å². The van der Waals surface area contributed by atoms with Crippen LogP contribution in [0.1, 0.15) is 45.6 Å². The number of ketones is 1. The van der Waals surface area contributed by atoms with E-state index in [-0.39, 0.29) is 28.1 Å². The molecule has 9 nitrogen and oxygen atoms in total. The lowest BCUT2D eigenvalue weighted by Crippen LogP contribution is -2.29. The van der Waals surface area contributed by atoms with Crippen molar-refractivity contribution in [2.45, 2.75) is 35.6 Å². The van der Waals surface area contributed by atoms with Gasteiger partial charge in [-0.25, -0.2) is 4.79 Å². The summed E-state index contributed by atoms with van der Waals surface area (Å²) in [5.41, 5.74) is 2.78. The maximum Gasteiger partial charge on any atom is 0.337 e. The molecule has 1 N–H and O–H groups in total. The zero-order valence-corrected chi connectivity index (χ0v) is 26.4. The van der Waals surface area contributed by atoms with Crippen LogP contribution in [0.5, 0.6) is 5.75 Å². The van der Waals surface area contributed by atoms with Crippen molar-refractivity contribution in [3.05, 3.63) is 104 Å². The second-order valence-corrected chi connectivity index (χ2v) is 13.1. The van der Waals surface area contributed by atoms with Crippen LogP contribution in [0.2, 0.25) is 10.0 Å². The predicted octanol–water partition coefficient (Wildman–Crippen LogP) is 6.87. The van der Waals surface area contributed by atoms with E-state index in [2.05, 4.69) is 10.2 Å². The number of thioether (sulfide) groups is 1. The third-order valence-corrected chi connectivity index (χ3v) is 9.92. The van der Waals surface area contributed by atoms with Crippen molar-refractivity contribution >= 4 is 74.9 Å². The molecule has 0 aliphatic carbocycles. The van der Waals surface area contributed by atoms with Gasteiger partial charge >= 0.3 is 11.9 Å². The van der Waals surface area contributed by atoms with Crippen molar-refractivity contribution in [2.75, 3.05) is 12.0 Å². The molecular weight excluding hydrogens is 645 g/mol. The van der Waals surface area contributed by atoms with Crippen molar-refractivity contribution in [1.82, 2.24) is 10.2 Å². The summed E-state index contributed by atoms with van der Waals surface area (Å²) >= 11 is 14.8. The minimum Gasteiger partial charge on any atom is -0.507 e. The molecule has 6 rings (SSSR count). The first-order chi connectivity index (χ1) is 21.1. The number of aromatic nitrogens is 2. The second kappa shape index (κ2) is 12.2. The maximum absolute atomic E-state index is 13.6. The Balaban J connectivity index is 1.39. The maximum atomic E-state index is 13.6. The van der Waals surface area contributed by atoms with E-state index < -0.39 is 23.7 Å². The van der Waals surface area contributed by atoms with Gasteiger partial charge in [-0.05, 0) is 66.1 Å². The number of aliphatic hydroxyl groups is 1. The lowest BCUT2D eigenvalue weighted by Gasteiger charge is -2.22. The Morgan fingerprint density at radius 3 is 2.57 bits per heavy atom. The first kappa shape index (κ1) is 30.1. The Morgan fingerprint density at radius 2 is 1.84 bits per heavy atom. The van der Waals surface area contributed by atoms with Gasteiger partial charge in [0.15, 0.2) is 4.34 Å². The zero-order chi connectivity index (χ0) is 31.1. The van der Waals surface area contributed by atoms with Gasteiger partial charge in [0.25, 0.3) is 5.78 Å². The molecule has 224 valence electrons. The number of halogens is 2. The second-order valence-electron chi connectivity index (χ2n) is 10.1. The summed E-state index contributed by atoms with van der Waals surface area (Å²) in [5.74, 6) is -1.41. The molecule has 0 unspecified atom stereocenters. The summed E-state index contributed by atoms with van der Waals surface area (Å²) in [6.07, 6.45) is 0.636. The molecule has 1 saturated heterocycles. The number of fused-ring (bicyclic) bond motifs is 1. The highest BCUT2D eigenvalue weighted by atomic mass is 35.5. The van der Waals surface area contributed by atoms with E-state index in [1.165, 1.54) is 35.9 Å². The number of ether oxygens (including phenoxy) is 2. The molecule has 0 spiro atoms. The molecule has 4 aromatic rings. The number of hydrogen-bond donors (Lipinski definition) is 1. The summed E-state index contributed by atoms with van der Waals surface area (Å²) in [6.45, 7) is 1.95. The number of amides is 1. The summed E-state index contributed by atoms with van der Waals surface area (Å²) in [4.78, 5) is 40.5. The molecule has 13 heteroatoms. The van der Waals surface area contributed by atoms with Gasteiger partial charge in [-0.3, -0.25) is 14.5 Å². The van der Waals surface area contributed by atoms with Crippen molar-refractivity contribution in [3.8, 4) is 5.75 Å². The molecule has 3 aromatic carbocycles. The van der Waals surface area contributed by atoms with Crippen molar-refractivity contribution in [2.24, 2.45) is 0 Å². The lowest BCUT2D eigenvalue weighted by atomic mass is 9.94. The molecule has 0 radical (unpaired) electrons. The number of carbonyl (C=O) groups excluding carboxylic acids is 3. The zero-order valence-electron chi connectivity index (χ0n) is 23.2. The summed E-state index contributed by atoms with van der Waals surface area (Å²) < 4.78 is 11.1. The summed E-state index contributed by atoms with van der Waals surface area (Å²) in [7, 11) is 1.28. The number of Topliss-reactive ketones (excluding diaryl/α,β-unsaturated/α-hetero) is 1. The van der Waals surface area contributed by atoms with Crippen LogP contribution in [0.25, 0.3) is 5.76 Å². The van der Waals surface area contributed by atoms with Gasteiger partial charge in [0.1, 0.15) is 17.6 Å². The van der Waals surface area contributed by atoms with Crippen LogP contribution in [-0.4, -0.2) is 46.2 Å². The van der Waals surface area contributed by atoms with Gasteiger partial charge in [0, 0.05) is 27.8 Å². The van der Waals surface area contributed by atoms with Gasteiger partial charge in [-0.15, -0.1) is 10.2 Å². The number of methoxy groups -OCH3 is 1. The van der Waals surface area contributed by atoms with E-state index in [1.807, 2.05) is 13.0 Å². The summed E-state index contributed by atoms with van der Waals surface area (Å²) in [6, 6.07) is 15.6. The first-order valence-corrected chi connectivity index (χ1v) is 15.9. The van der Waals surface area contributed by atoms with Crippen LogP contribution >= 0.6 is 46.3 Å². The minimum absolute atomic E-state index is 0.0125. The molecule has 0 saturated carbocycles. The van der Waals surface area contributed by atoms with Gasteiger partial charge < -0.3 is 14.6 Å².